The number of hydrogen-bond acceptors (Lipinski definition) is 3. The molecule has 0 aliphatic carbocycles. The third-order valence-corrected chi connectivity index (χ3v) is 4.28. The molecule has 1 aromatic carbocycles. The third kappa shape index (κ3) is 6.62. The van der Waals surface area contributed by atoms with Crippen LogP contribution in [0.5, 0.6) is 0 Å². The van der Waals surface area contributed by atoms with Crippen LogP contribution in [-0.2, 0) is 11.3 Å². The number of carbonyl (C=O) groups is 1. The zero-order valence-electron chi connectivity index (χ0n) is 15.5. The summed E-state index contributed by atoms with van der Waals surface area (Å²) in [6.45, 7) is 5.77. The van der Waals surface area contributed by atoms with Gasteiger partial charge in [-0.2, -0.15) is 0 Å². The van der Waals surface area contributed by atoms with E-state index < -0.39 is 0 Å². The van der Waals surface area contributed by atoms with Crippen LogP contribution in [0.15, 0.2) is 23.2 Å². The summed E-state index contributed by atoms with van der Waals surface area (Å²) >= 11 is 0. The summed E-state index contributed by atoms with van der Waals surface area (Å²) in [6, 6.07) is 5.45. The second kappa shape index (κ2) is 11.2. The molecule has 0 saturated carbocycles. The first-order chi connectivity index (χ1) is 12.0. The Bertz CT molecular complexity index is 619. The fourth-order valence-corrected chi connectivity index (χ4v) is 2.74. The van der Waals surface area contributed by atoms with Gasteiger partial charge in [0.05, 0.1) is 6.61 Å². The Kier molecular flexibility index (Phi) is 9.68. The van der Waals surface area contributed by atoms with Crippen LogP contribution >= 0.6 is 24.0 Å². The summed E-state index contributed by atoms with van der Waals surface area (Å²) in [7, 11) is 1.71. The lowest BCUT2D eigenvalue weighted by Gasteiger charge is -2.32. The maximum absolute atomic E-state index is 13.6. The van der Waals surface area contributed by atoms with Gasteiger partial charge in [0, 0.05) is 32.7 Å². The largest absolute Gasteiger partial charge is 0.450 e. The lowest BCUT2D eigenvalue weighted by atomic mass is 10.1. The highest BCUT2D eigenvalue weighted by Crippen LogP contribution is 2.12. The molecular formula is C18H28FIN4O2. The molecule has 1 heterocycles. The SMILES string of the molecule is CCOC(=O)N1CCC(NC(=NC)NCc2ccc(C)c(F)c2)CC1.I. The first-order valence-corrected chi connectivity index (χ1v) is 8.67. The second-order valence-corrected chi connectivity index (χ2v) is 6.11. The molecule has 1 fully saturated rings. The maximum atomic E-state index is 13.6. The topological polar surface area (TPSA) is 66.0 Å². The summed E-state index contributed by atoms with van der Waals surface area (Å²) in [5.41, 5.74) is 1.50. The zero-order chi connectivity index (χ0) is 18.2. The Morgan fingerprint density at radius 1 is 1.38 bits per heavy atom. The fraction of sp³-hybridized carbons (Fsp3) is 0.556. The predicted molar refractivity (Wildman–Crippen MR) is 112 cm³/mol. The van der Waals surface area contributed by atoms with Crippen molar-refractivity contribution in [2.24, 2.45) is 4.99 Å². The van der Waals surface area contributed by atoms with Crippen LogP contribution in [0.2, 0.25) is 0 Å². The van der Waals surface area contributed by atoms with Gasteiger partial charge in [-0.3, -0.25) is 4.99 Å². The van der Waals surface area contributed by atoms with Crippen molar-refractivity contribution in [2.75, 3.05) is 26.7 Å². The van der Waals surface area contributed by atoms with E-state index in [1.54, 1.807) is 24.9 Å². The average Bonchev–Trinajstić information content (AvgIpc) is 2.62. The lowest BCUT2D eigenvalue weighted by molar-refractivity contribution is 0.0963. The fourth-order valence-electron chi connectivity index (χ4n) is 2.74. The number of ether oxygens (including phenoxy) is 1. The standard InChI is InChI=1S/C18H27FN4O2.HI/c1-4-25-18(24)23-9-7-15(8-10-23)22-17(20-3)21-12-14-6-5-13(2)16(19)11-14;/h5-6,11,15H,4,7-10,12H2,1-3H3,(H2,20,21,22);1H. The van der Waals surface area contributed by atoms with E-state index >= 15 is 0 Å². The molecule has 1 saturated heterocycles. The molecule has 146 valence electrons. The Hall–Kier alpha value is -1.58. The number of rotatable bonds is 4. The first-order valence-electron chi connectivity index (χ1n) is 8.67. The van der Waals surface area contributed by atoms with Crippen LogP contribution < -0.4 is 10.6 Å². The van der Waals surface area contributed by atoms with E-state index in [-0.39, 0.29) is 41.9 Å². The number of guanidine groups is 1. The molecule has 0 unspecified atom stereocenters. The van der Waals surface area contributed by atoms with E-state index in [0.29, 0.717) is 37.8 Å². The van der Waals surface area contributed by atoms with E-state index in [0.717, 1.165) is 18.4 Å². The predicted octanol–water partition coefficient (Wildman–Crippen LogP) is 3.04. The number of halogens is 2. The number of hydrogen-bond donors (Lipinski definition) is 2. The molecule has 6 nitrogen and oxygen atoms in total. The number of carbonyl (C=O) groups excluding carboxylic acids is 1. The molecule has 0 bridgehead atoms. The van der Waals surface area contributed by atoms with Crippen molar-refractivity contribution >= 4 is 36.0 Å². The molecule has 1 aromatic rings. The van der Waals surface area contributed by atoms with Gasteiger partial charge in [-0.1, -0.05) is 12.1 Å². The number of nitrogens with one attached hydrogen (secondary N) is 2. The minimum Gasteiger partial charge on any atom is -0.450 e. The van der Waals surface area contributed by atoms with E-state index in [1.807, 2.05) is 13.0 Å². The molecule has 0 spiro atoms. The highest BCUT2D eigenvalue weighted by molar-refractivity contribution is 14.0. The number of benzene rings is 1. The van der Waals surface area contributed by atoms with Crippen LogP contribution in [0.3, 0.4) is 0 Å². The molecule has 2 rings (SSSR count). The van der Waals surface area contributed by atoms with Crippen molar-refractivity contribution < 1.29 is 13.9 Å². The summed E-state index contributed by atoms with van der Waals surface area (Å²) in [6.07, 6.45) is 1.42. The summed E-state index contributed by atoms with van der Waals surface area (Å²) in [5.74, 6) is 0.476. The van der Waals surface area contributed by atoms with Crippen molar-refractivity contribution in [3.8, 4) is 0 Å². The quantitative estimate of drug-likeness (QED) is 0.397. The smallest absolute Gasteiger partial charge is 0.409 e. The summed E-state index contributed by atoms with van der Waals surface area (Å²) in [5, 5.41) is 6.56. The molecule has 8 heteroatoms. The Morgan fingerprint density at radius 2 is 2.08 bits per heavy atom. The third-order valence-electron chi connectivity index (χ3n) is 4.28. The summed E-state index contributed by atoms with van der Waals surface area (Å²) in [4.78, 5) is 17.7. The summed E-state index contributed by atoms with van der Waals surface area (Å²) < 4.78 is 18.6. The van der Waals surface area contributed by atoms with Gasteiger partial charge in [0.15, 0.2) is 5.96 Å². The molecule has 0 aromatic heterocycles. The molecule has 2 N–H and O–H groups in total. The Balaban J connectivity index is 0.00000338. The highest BCUT2D eigenvalue weighted by Gasteiger charge is 2.23. The average molecular weight is 478 g/mol. The minimum atomic E-state index is -0.246. The number of amides is 1. The molecule has 26 heavy (non-hydrogen) atoms. The molecule has 1 amide bonds. The van der Waals surface area contributed by atoms with Crippen molar-refractivity contribution in [1.29, 1.82) is 0 Å². The number of aryl methyl sites for hydroxylation is 1. The second-order valence-electron chi connectivity index (χ2n) is 6.11. The zero-order valence-corrected chi connectivity index (χ0v) is 17.9. The molecule has 0 radical (unpaired) electrons. The van der Waals surface area contributed by atoms with E-state index in [2.05, 4.69) is 15.6 Å². The van der Waals surface area contributed by atoms with Crippen molar-refractivity contribution in [1.82, 2.24) is 15.5 Å². The number of aliphatic imine (C=N–C) groups is 1. The first kappa shape index (κ1) is 22.5. The van der Waals surface area contributed by atoms with Gasteiger partial charge >= 0.3 is 6.09 Å². The Morgan fingerprint density at radius 3 is 2.65 bits per heavy atom. The monoisotopic (exact) mass is 478 g/mol. The Labute approximate surface area is 171 Å². The van der Waals surface area contributed by atoms with Gasteiger partial charge in [-0.05, 0) is 43.9 Å². The van der Waals surface area contributed by atoms with Crippen LogP contribution in [0, 0.1) is 12.7 Å². The van der Waals surface area contributed by atoms with Crippen LogP contribution in [0.25, 0.3) is 0 Å². The normalized spacial score (nSPS) is 15.2. The van der Waals surface area contributed by atoms with Crippen LogP contribution in [0.4, 0.5) is 9.18 Å². The molecule has 1 aliphatic heterocycles. The van der Waals surface area contributed by atoms with Gasteiger partial charge in [0.25, 0.3) is 0 Å². The van der Waals surface area contributed by atoms with E-state index in [9.17, 15) is 9.18 Å². The van der Waals surface area contributed by atoms with E-state index in [1.165, 1.54) is 6.07 Å². The van der Waals surface area contributed by atoms with Gasteiger partial charge in [-0.15, -0.1) is 24.0 Å². The van der Waals surface area contributed by atoms with Gasteiger partial charge in [0.1, 0.15) is 5.82 Å². The molecule has 0 atom stereocenters. The van der Waals surface area contributed by atoms with Crippen LogP contribution in [-0.4, -0.2) is 49.7 Å². The maximum Gasteiger partial charge on any atom is 0.409 e. The van der Waals surface area contributed by atoms with Crippen LogP contribution in [0.1, 0.15) is 30.9 Å². The lowest BCUT2D eigenvalue weighted by Crippen LogP contribution is -2.49. The van der Waals surface area contributed by atoms with Gasteiger partial charge in [0.2, 0.25) is 0 Å². The van der Waals surface area contributed by atoms with Gasteiger partial charge < -0.3 is 20.3 Å². The van der Waals surface area contributed by atoms with Gasteiger partial charge in [-0.25, -0.2) is 9.18 Å². The molecular weight excluding hydrogens is 450 g/mol. The van der Waals surface area contributed by atoms with Crippen molar-refractivity contribution in [2.45, 2.75) is 39.3 Å². The highest BCUT2D eigenvalue weighted by atomic mass is 127. The minimum absolute atomic E-state index is 0. The number of piperidine rings is 1. The van der Waals surface area contributed by atoms with E-state index in [4.69, 9.17) is 4.74 Å². The molecule has 1 aliphatic rings. The number of nitrogens with zero attached hydrogens (tertiary/aromatic N) is 2. The van der Waals surface area contributed by atoms with Crippen molar-refractivity contribution in [3.05, 3.63) is 35.1 Å². The van der Waals surface area contributed by atoms with Crippen molar-refractivity contribution in [3.63, 3.8) is 0 Å². The number of likely N-dealkylation sites (tertiary alicyclic amines) is 1.